The minimum absolute atomic E-state index is 0.0240. The lowest BCUT2D eigenvalue weighted by Crippen LogP contribution is -2.47. The summed E-state index contributed by atoms with van der Waals surface area (Å²) in [5.74, 6) is 0.221. The van der Waals surface area contributed by atoms with Gasteiger partial charge in [-0.1, -0.05) is 12.1 Å². The van der Waals surface area contributed by atoms with Crippen LogP contribution in [0.15, 0.2) is 12.1 Å². The number of amides is 2. The van der Waals surface area contributed by atoms with Crippen LogP contribution in [0.4, 0.5) is 0 Å². The molecule has 0 aliphatic carbocycles. The molecule has 0 bridgehead atoms. The molecule has 29 heavy (non-hydrogen) atoms. The van der Waals surface area contributed by atoms with Gasteiger partial charge < -0.3 is 19.7 Å². The number of carbonyl (C=O) groups is 3. The Bertz CT molecular complexity index is 739. The van der Waals surface area contributed by atoms with Gasteiger partial charge in [0, 0.05) is 25.6 Å². The van der Waals surface area contributed by atoms with Crippen LogP contribution >= 0.6 is 0 Å². The first kappa shape index (κ1) is 22.7. The molecule has 1 aromatic rings. The van der Waals surface area contributed by atoms with Crippen molar-refractivity contribution in [1.82, 2.24) is 10.2 Å². The Kier molecular flexibility index (Phi) is 8.49. The summed E-state index contributed by atoms with van der Waals surface area (Å²) in [6, 6.07) is 4.06. The van der Waals surface area contributed by atoms with E-state index < -0.39 is 0 Å². The van der Waals surface area contributed by atoms with Crippen molar-refractivity contribution in [2.45, 2.75) is 59.4 Å². The van der Waals surface area contributed by atoms with E-state index in [0.717, 1.165) is 22.4 Å². The van der Waals surface area contributed by atoms with E-state index in [9.17, 15) is 14.4 Å². The Labute approximate surface area is 172 Å². The third kappa shape index (κ3) is 6.76. The quantitative estimate of drug-likeness (QED) is 0.673. The van der Waals surface area contributed by atoms with Crippen molar-refractivity contribution < 1.29 is 23.9 Å². The predicted molar refractivity (Wildman–Crippen MR) is 110 cm³/mol. The Morgan fingerprint density at radius 2 is 1.72 bits per heavy atom. The summed E-state index contributed by atoms with van der Waals surface area (Å²) in [5.41, 5.74) is 3.19. The van der Waals surface area contributed by atoms with E-state index in [4.69, 9.17) is 9.47 Å². The second-order valence-corrected chi connectivity index (χ2v) is 7.47. The van der Waals surface area contributed by atoms with Crippen LogP contribution in [-0.2, 0) is 19.1 Å². The van der Waals surface area contributed by atoms with Crippen LogP contribution in [0.1, 0.15) is 49.3 Å². The first-order valence-electron chi connectivity index (χ1n) is 10.2. The van der Waals surface area contributed by atoms with Crippen LogP contribution in [-0.4, -0.2) is 55.0 Å². The number of benzene rings is 1. The number of hydrogen-bond acceptors (Lipinski definition) is 5. The van der Waals surface area contributed by atoms with Gasteiger partial charge >= 0.3 is 5.97 Å². The summed E-state index contributed by atoms with van der Waals surface area (Å²) in [5, 5.41) is 2.99. The number of ether oxygens (including phenoxy) is 2. The minimum atomic E-state index is -0.345. The highest BCUT2D eigenvalue weighted by molar-refractivity contribution is 5.81. The number of nitrogens with one attached hydrogen (secondary N) is 1. The van der Waals surface area contributed by atoms with Crippen LogP contribution in [0.3, 0.4) is 0 Å². The van der Waals surface area contributed by atoms with Crippen LogP contribution < -0.4 is 10.1 Å². The van der Waals surface area contributed by atoms with Gasteiger partial charge in [0.15, 0.2) is 6.61 Å². The average molecular weight is 405 g/mol. The highest BCUT2D eigenvalue weighted by Gasteiger charge is 2.24. The van der Waals surface area contributed by atoms with Gasteiger partial charge in [0.2, 0.25) is 5.91 Å². The van der Waals surface area contributed by atoms with Gasteiger partial charge in [0.1, 0.15) is 5.75 Å². The molecule has 0 aromatic heterocycles. The van der Waals surface area contributed by atoms with E-state index in [1.54, 1.807) is 11.8 Å². The lowest BCUT2D eigenvalue weighted by molar-refractivity contribution is -0.146. The molecule has 2 rings (SSSR count). The van der Waals surface area contributed by atoms with E-state index in [0.29, 0.717) is 32.5 Å². The molecule has 1 fully saturated rings. The molecule has 1 saturated heterocycles. The second-order valence-electron chi connectivity index (χ2n) is 7.47. The van der Waals surface area contributed by atoms with Gasteiger partial charge in [-0.3, -0.25) is 14.4 Å². The second kappa shape index (κ2) is 10.8. The van der Waals surface area contributed by atoms with E-state index >= 15 is 0 Å². The number of likely N-dealkylation sites (tertiary alicyclic amines) is 1. The largest absolute Gasteiger partial charge is 0.483 e. The summed E-state index contributed by atoms with van der Waals surface area (Å²) in [6.07, 6.45) is 1.66. The van der Waals surface area contributed by atoms with E-state index in [-0.39, 0.29) is 43.3 Å². The van der Waals surface area contributed by atoms with Crippen molar-refractivity contribution in [3.05, 3.63) is 28.8 Å². The van der Waals surface area contributed by atoms with Crippen molar-refractivity contribution >= 4 is 17.8 Å². The number of hydrogen-bond donors (Lipinski definition) is 1. The topological polar surface area (TPSA) is 84.9 Å². The van der Waals surface area contributed by atoms with Gasteiger partial charge in [-0.05, 0) is 57.2 Å². The number of aryl methyl sites for hydroxylation is 2. The summed E-state index contributed by atoms with van der Waals surface area (Å²) in [7, 11) is 0. The smallest absolute Gasteiger partial charge is 0.306 e. The predicted octanol–water partition coefficient (Wildman–Crippen LogP) is 2.44. The number of piperidine rings is 1. The molecule has 0 atom stereocenters. The van der Waals surface area contributed by atoms with E-state index in [2.05, 4.69) is 5.32 Å². The standard InChI is InChI=1S/C22H32N2O5/c1-5-28-21(27)9-8-20(26)24-12-10-18(11-13-24)23-19(25)14-29-22-16(3)7-6-15(2)17(22)4/h6-7,18H,5,8-14H2,1-4H3,(H,23,25). The highest BCUT2D eigenvalue weighted by Crippen LogP contribution is 2.25. The van der Waals surface area contributed by atoms with Crippen molar-refractivity contribution in [3.63, 3.8) is 0 Å². The van der Waals surface area contributed by atoms with Crippen LogP contribution in [0.5, 0.6) is 5.75 Å². The molecule has 1 N–H and O–H groups in total. The summed E-state index contributed by atoms with van der Waals surface area (Å²) >= 11 is 0. The van der Waals surface area contributed by atoms with Gasteiger partial charge in [-0.25, -0.2) is 0 Å². The van der Waals surface area contributed by atoms with Gasteiger partial charge in [-0.2, -0.15) is 0 Å². The number of nitrogens with zero attached hydrogens (tertiary/aromatic N) is 1. The van der Waals surface area contributed by atoms with E-state index in [1.165, 1.54) is 0 Å². The van der Waals surface area contributed by atoms with Gasteiger partial charge in [0.25, 0.3) is 5.91 Å². The van der Waals surface area contributed by atoms with Crippen molar-refractivity contribution in [1.29, 1.82) is 0 Å². The molecule has 0 radical (unpaired) electrons. The number of esters is 1. The number of rotatable bonds is 8. The van der Waals surface area contributed by atoms with Gasteiger partial charge in [0.05, 0.1) is 13.0 Å². The molecular weight excluding hydrogens is 372 g/mol. The Hall–Kier alpha value is -2.57. The number of carbonyl (C=O) groups excluding carboxylic acids is 3. The molecule has 0 saturated carbocycles. The third-order valence-corrected chi connectivity index (χ3v) is 5.28. The molecule has 7 heteroatoms. The summed E-state index contributed by atoms with van der Waals surface area (Å²) in [6.45, 7) is 9.16. The molecule has 1 aliphatic heterocycles. The average Bonchev–Trinajstić information content (AvgIpc) is 2.70. The lowest BCUT2D eigenvalue weighted by atomic mass is 10.0. The zero-order valence-corrected chi connectivity index (χ0v) is 17.9. The zero-order chi connectivity index (χ0) is 21.4. The van der Waals surface area contributed by atoms with Crippen LogP contribution in [0, 0.1) is 20.8 Å². The van der Waals surface area contributed by atoms with Crippen molar-refractivity contribution in [2.75, 3.05) is 26.3 Å². The molecule has 7 nitrogen and oxygen atoms in total. The van der Waals surface area contributed by atoms with E-state index in [1.807, 2.05) is 32.9 Å². The fraction of sp³-hybridized carbons (Fsp3) is 0.591. The SMILES string of the molecule is CCOC(=O)CCC(=O)N1CCC(NC(=O)COc2c(C)ccc(C)c2C)CC1. The molecule has 160 valence electrons. The van der Waals surface area contributed by atoms with Gasteiger partial charge in [-0.15, -0.1) is 0 Å². The van der Waals surface area contributed by atoms with Crippen molar-refractivity contribution in [2.24, 2.45) is 0 Å². The fourth-order valence-corrected chi connectivity index (χ4v) is 3.43. The maximum Gasteiger partial charge on any atom is 0.306 e. The Balaban J connectivity index is 1.72. The lowest BCUT2D eigenvalue weighted by Gasteiger charge is -2.32. The maximum atomic E-state index is 12.3. The Morgan fingerprint density at radius 3 is 2.38 bits per heavy atom. The first-order valence-corrected chi connectivity index (χ1v) is 10.2. The maximum absolute atomic E-state index is 12.3. The van der Waals surface area contributed by atoms with Crippen molar-refractivity contribution in [3.8, 4) is 5.75 Å². The zero-order valence-electron chi connectivity index (χ0n) is 17.9. The summed E-state index contributed by atoms with van der Waals surface area (Å²) in [4.78, 5) is 37.6. The molecule has 0 unspecified atom stereocenters. The monoisotopic (exact) mass is 404 g/mol. The molecule has 1 aromatic carbocycles. The van der Waals surface area contributed by atoms with Crippen LogP contribution in [0.25, 0.3) is 0 Å². The normalized spacial score (nSPS) is 14.4. The Morgan fingerprint density at radius 1 is 1.07 bits per heavy atom. The fourth-order valence-electron chi connectivity index (χ4n) is 3.43. The summed E-state index contributed by atoms with van der Waals surface area (Å²) < 4.78 is 10.6. The molecule has 1 aliphatic rings. The third-order valence-electron chi connectivity index (χ3n) is 5.28. The molecule has 1 heterocycles. The molecular formula is C22H32N2O5. The molecule has 0 spiro atoms. The first-order chi connectivity index (χ1) is 13.8. The van der Waals surface area contributed by atoms with Crippen LogP contribution in [0.2, 0.25) is 0 Å². The highest BCUT2D eigenvalue weighted by atomic mass is 16.5. The minimum Gasteiger partial charge on any atom is -0.483 e. The molecule has 2 amide bonds.